The van der Waals surface area contributed by atoms with E-state index in [9.17, 15) is 23.1 Å². The van der Waals surface area contributed by atoms with Crippen LogP contribution in [0, 0.1) is 0 Å². The van der Waals surface area contributed by atoms with Crippen LogP contribution in [0.5, 0.6) is 0 Å². The van der Waals surface area contributed by atoms with Crippen LogP contribution in [0.25, 0.3) is 0 Å². The molecule has 4 N–H and O–H groups in total. The largest absolute Gasteiger partial charge is 0.479 e. The maximum Gasteiger partial charge on any atom is 0.337 e. The summed E-state index contributed by atoms with van der Waals surface area (Å²) in [5.74, 6) is -2.08. The highest BCUT2D eigenvalue weighted by Crippen LogP contribution is 2.10. The van der Waals surface area contributed by atoms with Gasteiger partial charge < -0.3 is 15.5 Å². The number of amides is 1. The zero-order chi connectivity index (χ0) is 16.3. The molecule has 1 aromatic carbocycles. The van der Waals surface area contributed by atoms with Gasteiger partial charge in [-0.15, -0.1) is 0 Å². The molecular weight excluding hydrogens is 300 g/mol. The molecule has 1 aromatic rings. The summed E-state index contributed by atoms with van der Waals surface area (Å²) in [6, 6.07) is 5.07. The fourth-order valence-corrected chi connectivity index (χ4v) is 2.06. The van der Waals surface area contributed by atoms with Gasteiger partial charge in [0, 0.05) is 5.56 Å². The molecule has 0 aliphatic carbocycles. The number of nitrogens with one attached hydrogen (secondary N) is 2. The molecule has 0 heterocycles. The minimum Gasteiger partial charge on any atom is -0.479 e. The van der Waals surface area contributed by atoms with Crippen LogP contribution >= 0.6 is 0 Å². The summed E-state index contributed by atoms with van der Waals surface area (Å²) in [7, 11) is -2.32. The first-order chi connectivity index (χ1) is 9.60. The van der Waals surface area contributed by atoms with Crippen molar-refractivity contribution in [1.82, 2.24) is 10.0 Å². The van der Waals surface area contributed by atoms with Crippen LogP contribution in [0.4, 0.5) is 0 Å². The van der Waals surface area contributed by atoms with E-state index in [2.05, 4.69) is 10.0 Å². The standard InChI is InChI=1S/C12H16N2O6S/c1-12(18,11(16)17)7-14-10(15)8-3-5-9(6-4-8)21(19,20)13-2/h3-6,13,18H,7H2,1-2H3,(H,14,15)(H,16,17). The summed E-state index contributed by atoms with van der Waals surface area (Å²) < 4.78 is 25.1. The number of carbonyl (C=O) groups excluding carboxylic acids is 1. The monoisotopic (exact) mass is 316 g/mol. The van der Waals surface area contributed by atoms with Gasteiger partial charge in [0.05, 0.1) is 11.4 Å². The highest BCUT2D eigenvalue weighted by Gasteiger charge is 2.30. The van der Waals surface area contributed by atoms with Gasteiger partial charge in [-0.05, 0) is 38.2 Å². The van der Waals surface area contributed by atoms with Gasteiger partial charge in [-0.3, -0.25) is 4.79 Å². The Morgan fingerprint density at radius 3 is 2.19 bits per heavy atom. The molecule has 8 nitrogen and oxygen atoms in total. The molecule has 0 aromatic heterocycles. The third kappa shape index (κ3) is 4.25. The number of sulfonamides is 1. The van der Waals surface area contributed by atoms with Crippen LogP contribution in [0.1, 0.15) is 17.3 Å². The van der Waals surface area contributed by atoms with Crippen LogP contribution in [0.3, 0.4) is 0 Å². The molecule has 1 unspecified atom stereocenters. The third-order valence-electron chi connectivity index (χ3n) is 2.75. The molecule has 116 valence electrons. The fraction of sp³-hybridized carbons (Fsp3) is 0.333. The van der Waals surface area contributed by atoms with E-state index in [-0.39, 0.29) is 10.5 Å². The normalized spacial score (nSPS) is 14.2. The summed E-state index contributed by atoms with van der Waals surface area (Å²) in [4.78, 5) is 22.4. The zero-order valence-corrected chi connectivity index (χ0v) is 12.3. The van der Waals surface area contributed by atoms with E-state index in [1.807, 2.05) is 0 Å². The third-order valence-corrected chi connectivity index (χ3v) is 4.18. The predicted octanol–water partition coefficient (Wildman–Crippen LogP) is -0.840. The zero-order valence-electron chi connectivity index (χ0n) is 11.5. The summed E-state index contributed by atoms with van der Waals surface area (Å²) in [6.45, 7) is 0.579. The van der Waals surface area contributed by atoms with Crippen LogP contribution < -0.4 is 10.0 Å². The number of carboxylic acids is 1. The number of hydrogen-bond donors (Lipinski definition) is 4. The molecule has 0 bridgehead atoms. The topological polar surface area (TPSA) is 133 Å². The SMILES string of the molecule is CNS(=O)(=O)c1ccc(C(=O)NCC(C)(O)C(=O)O)cc1. The van der Waals surface area contributed by atoms with Gasteiger partial charge in [-0.2, -0.15) is 0 Å². The van der Waals surface area contributed by atoms with E-state index in [0.29, 0.717) is 0 Å². The fourth-order valence-electron chi connectivity index (χ4n) is 1.33. The van der Waals surface area contributed by atoms with E-state index in [1.54, 1.807) is 0 Å². The van der Waals surface area contributed by atoms with Crippen molar-refractivity contribution in [3.8, 4) is 0 Å². The average molecular weight is 316 g/mol. The van der Waals surface area contributed by atoms with Gasteiger partial charge in [0.25, 0.3) is 5.91 Å². The van der Waals surface area contributed by atoms with Crippen molar-refractivity contribution in [3.63, 3.8) is 0 Å². The molecule has 0 radical (unpaired) electrons. The quantitative estimate of drug-likeness (QED) is 0.541. The first-order valence-electron chi connectivity index (χ1n) is 5.88. The summed E-state index contributed by atoms with van der Waals surface area (Å²) in [5.41, 5.74) is -1.93. The number of aliphatic carboxylic acids is 1. The van der Waals surface area contributed by atoms with E-state index in [0.717, 1.165) is 6.92 Å². The van der Waals surface area contributed by atoms with Gasteiger partial charge in [0.1, 0.15) is 0 Å². The first kappa shape index (κ1) is 17.1. The minimum absolute atomic E-state index is 0.000850. The lowest BCUT2D eigenvalue weighted by atomic mass is 10.1. The Kier molecular flexibility index (Phi) is 5.05. The second kappa shape index (κ2) is 6.20. The van der Waals surface area contributed by atoms with Crippen molar-refractivity contribution in [2.24, 2.45) is 0 Å². The Labute approximate surface area is 121 Å². The molecule has 1 amide bonds. The number of carboxylic acid groups (broad SMARTS) is 1. The van der Waals surface area contributed by atoms with Crippen LogP contribution in [-0.2, 0) is 14.8 Å². The molecule has 0 saturated heterocycles. The summed E-state index contributed by atoms with van der Waals surface area (Å²) >= 11 is 0. The second-order valence-corrected chi connectivity index (χ2v) is 6.38. The van der Waals surface area contributed by atoms with E-state index < -0.39 is 34.0 Å². The Morgan fingerprint density at radius 1 is 1.24 bits per heavy atom. The van der Waals surface area contributed by atoms with Crippen molar-refractivity contribution in [3.05, 3.63) is 29.8 Å². The van der Waals surface area contributed by atoms with E-state index in [1.165, 1.54) is 31.3 Å². The molecule has 0 spiro atoms. The molecule has 21 heavy (non-hydrogen) atoms. The lowest BCUT2D eigenvalue weighted by Gasteiger charge is -2.18. The van der Waals surface area contributed by atoms with Crippen LogP contribution in [-0.4, -0.2) is 49.7 Å². The van der Waals surface area contributed by atoms with Crippen molar-refractivity contribution >= 4 is 21.9 Å². The molecule has 1 atom stereocenters. The summed E-state index contributed by atoms with van der Waals surface area (Å²) in [5, 5.41) is 20.4. The number of benzene rings is 1. The van der Waals surface area contributed by atoms with Crippen LogP contribution in [0.2, 0.25) is 0 Å². The molecule has 9 heteroatoms. The van der Waals surface area contributed by atoms with Crippen molar-refractivity contribution in [1.29, 1.82) is 0 Å². The average Bonchev–Trinajstić information content (AvgIpc) is 2.44. The maximum absolute atomic E-state index is 11.8. The number of aliphatic hydroxyl groups is 1. The smallest absolute Gasteiger partial charge is 0.337 e. The molecule has 0 saturated carbocycles. The first-order valence-corrected chi connectivity index (χ1v) is 7.36. The van der Waals surface area contributed by atoms with Gasteiger partial charge >= 0.3 is 5.97 Å². The van der Waals surface area contributed by atoms with E-state index >= 15 is 0 Å². The predicted molar refractivity (Wildman–Crippen MR) is 73.3 cm³/mol. The van der Waals surface area contributed by atoms with Crippen molar-refractivity contribution < 1.29 is 28.2 Å². The Hall–Kier alpha value is -1.97. The van der Waals surface area contributed by atoms with Gasteiger partial charge in [-0.1, -0.05) is 0 Å². The van der Waals surface area contributed by atoms with Crippen molar-refractivity contribution in [2.75, 3.05) is 13.6 Å². The Bertz CT molecular complexity index is 636. The lowest BCUT2D eigenvalue weighted by molar-refractivity contribution is -0.155. The van der Waals surface area contributed by atoms with E-state index in [4.69, 9.17) is 5.11 Å². The molecule has 0 aliphatic rings. The maximum atomic E-state index is 11.8. The lowest BCUT2D eigenvalue weighted by Crippen LogP contribution is -2.46. The molecular formula is C12H16N2O6S. The highest BCUT2D eigenvalue weighted by molar-refractivity contribution is 7.89. The number of rotatable bonds is 6. The van der Waals surface area contributed by atoms with Crippen LogP contribution in [0.15, 0.2) is 29.2 Å². The minimum atomic E-state index is -3.59. The van der Waals surface area contributed by atoms with Gasteiger partial charge in [0.2, 0.25) is 10.0 Å². The van der Waals surface area contributed by atoms with Crippen molar-refractivity contribution in [2.45, 2.75) is 17.4 Å². The molecule has 0 aliphatic heterocycles. The second-order valence-electron chi connectivity index (χ2n) is 4.49. The molecule has 0 fully saturated rings. The highest BCUT2D eigenvalue weighted by atomic mass is 32.2. The Balaban J connectivity index is 2.79. The summed E-state index contributed by atoms with van der Waals surface area (Å²) in [6.07, 6.45) is 0. The Morgan fingerprint density at radius 2 is 1.76 bits per heavy atom. The van der Waals surface area contributed by atoms with Gasteiger partial charge in [-0.25, -0.2) is 17.9 Å². The molecule has 1 rings (SSSR count). The number of carbonyl (C=O) groups is 2. The number of hydrogen-bond acceptors (Lipinski definition) is 5. The van der Waals surface area contributed by atoms with Gasteiger partial charge in [0.15, 0.2) is 5.60 Å².